The van der Waals surface area contributed by atoms with Crippen molar-refractivity contribution in [2.45, 2.75) is 25.3 Å². The number of alkyl halides is 2. The van der Waals surface area contributed by atoms with Gasteiger partial charge in [-0.15, -0.1) is 0 Å². The number of carbonyl (C=O) groups excluding carboxylic acids is 2. The van der Waals surface area contributed by atoms with Gasteiger partial charge >= 0.3 is 6.03 Å². The number of pyridine rings is 2. The molecular weight excluding hydrogens is 382 g/mol. The Morgan fingerprint density at radius 1 is 1.28 bits per heavy atom. The van der Waals surface area contributed by atoms with Crippen molar-refractivity contribution in [1.29, 1.82) is 0 Å². The van der Waals surface area contributed by atoms with E-state index < -0.39 is 24.4 Å². The summed E-state index contributed by atoms with van der Waals surface area (Å²) in [6, 6.07) is 7.85. The first-order chi connectivity index (χ1) is 13.8. The molecule has 1 saturated heterocycles. The van der Waals surface area contributed by atoms with Crippen molar-refractivity contribution in [1.82, 2.24) is 15.3 Å². The second kappa shape index (κ2) is 7.26. The number of amides is 3. The fourth-order valence-corrected chi connectivity index (χ4v) is 3.53. The van der Waals surface area contributed by atoms with Gasteiger partial charge in [-0.3, -0.25) is 15.0 Å². The smallest absolute Gasteiger partial charge is 0.329 e. The predicted molar refractivity (Wildman–Crippen MR) is 104 cm³/mol. The molecule has 2 aliphatic rings. The van der Waals surface area contributed by atoms with E-state index in [9.17, 15) is 18.4 Å². The van der Waals surface area contributed by atoms with Gasteiger partial charge in [-0.2, -0.15) is 0 Å². The van der Waals surface area contributed by atoms with Crippen molar-refractivity contribution in [3.63, 3.8) is 0 Å². The number of anilines is 3. The van der Waals surface area contributed by atoms with Crippen LogP contribution in [0.15, 0.2) is 36.5 Å². The van der Waals surface area contributed by atoms with Gasteiger partial charge in [0.15, 0.2) is 5.82 Å². The Hall–Kier alpha value is -3.30. The Balaban J connectivity index is 1.62. The number of aromatic nitrogens is 2. The summed E-state index contributed by atoms with van der Waals surface area (Å²) in [6.07, 6.45) is 2.33. The number of rotatable bonds is 4. The minimum absolute atomic E-state index is 0.0221. The van der Waals surface area contributed by atoms with Crippen molar-refractivity contribution < 1.29 is 18.4 Å². The quantitative estimate of drug-likeness (QED) is 0.820. The number of halogens is 2. The van der Waals surface area contributed by atoms with Crippen LogP contribution in [0.4, 0.5) is 30.9 Å². The lowest BCUT2D eigenvalue weighted by Crippen LogP contribution is -2.48. The zero-order chi connectivity index (χ0) is 20.6. The molecule has 0 spiro atoms. The van der Waals surface area contributed by atoms with Gasteiger partial charge in [-0.1, -0.05) is 6.07 Å². The van der Waals surface area contributed by atoms with E-state index in [1.807, 2.05) is 0 Å². The van der Waals surface area contributed by atoms with Gasteiger partial charge in [0.05, 0.1) is 18.3 Å². The van der Waals surface area contributed by atoms with E-state index in [4.69, 9.17) is 0 Å². The van der Waals surface area contributed by atoms with Crippen LogP contribution in [-0.4, -0.2) is 53.5 Å². The van der Waals surface area contributed by atoms with E-state index >= 15 is 0 Å². The van der Waals surface area contributed by atoms with E-state index in [0.29, 0.717) is 18.2 Å². The van der Waals surface area contributed by atoms with Crippen LogP contribution in [0.25, 0.3) is 0 Å². The summed E-state index contributed by atoms with van der Waals surface area (Å²) < 4.78 is 26.1. The van der Waals surface area contributed by atoms with E-state index in [1.54, 1.807) is 30.5 Å². The Morgan fingerprint density at radius 2 is 2.10 bits per heavy atom. The molecule has 0 aromatic carbocycles. The molecule has 2 aromatic rings. The average molecular weight is 402 g/mol. The summed E-state index contributed by atoms with van der Waals surface area (Å²) in [5.41, 5.74) is 0.707. The third-order valence-electron chi connectivity index (χ3n) is 4.86. The molecule has 2 aliphatic heterocycles. The zero-order valence-electron chi connectivity index (χ0n) is 15.7. The van der Waals surface area contributed by atoms with Crippen LogP contribution < -0.4 is 20.4 Å². The number of hydrogen-bond acceptors (Lipinski definition) is 5. The highest BCUT2D eigenvalue weighted by Gasteiger charge is 2.40. The van der Waals surface area contributed by atoms with Crippen LogP contribution in [0.2, 0.25) is 0 Å². The standard InChI is InChI=1S/C19H20F2N6O2/c1-19(20,21)11-23-17(28)13-5-6-14-16(24-13)27(12-7-9-26(14)10-12)18(29)25-15-4-2-3-8-22-15/h2-6,8,12H,7,9-11H2,1H3,(H,23,28)(H,22,25,29)/t12-/m0/s1. The maximum atomic E-state index is 13.0. The van der Waals surface area contributed by atoms with E-state index in [0.717, 1.165) is 25.6 Å². The molecule has 0 unspecified atom stereocenters. The molecule has 2 N–H and O–H groups in total. The molecule has 4 rings (SSSR count). The van der Waals surface area contributed by atoms with Gasteiger partial charge in [-0.05, 0) is 30.7 Å². The molecule has 0 saturated carbocycles. The van der Waals surface area contributed by atoms with Crippen molar-refractivity contribution in [3.8, 4) is 0 Å². The normalized spacial score (nSPS) is 17.7. The lowest BCUT2D eigenvalue weighted by Gasteiger charge is -2.35. The Morgan fingerprint density at radius 3 is 2.83 bits per heavy atom. The highest BCUT2D eigenvalue weighted by molar-refractivity contribution is 6.05. The van der Waals surface area contributed by atoms with Crippen LogP contribution in [-0.2, 0) is 0 Å². The second-order valence-corrected chi connectivity index (χ2v) is 7.20. The molecule has 0 aliphatic carbocycles. The molecule has 1 fully saturated rings. The molecule has 4 heterocycles. The van der Waals surface area contributed by atoms with E-state index in [2.05, 4.69) is 25.5 Å². The Labute approximate surface area is 165 Å². The number of nitrogens with one attached hydrogen (secondary N) is 2. The monoisotopic (exact) mass is 402 g/mol. The fourth-order valence-electron chi connectivity index (χ4n) is 3.53. The molecule has 2 bridgehead atoms. The minimum Gasteiger partial charge on any atom is -0.366 e. The molecule has 8 nitrogen and oxygen atoms in total. The molecule has 152 valence electrons. The summed E-state index contributed by atoms with van der Waals surface area (Å²) in [7, 11) is 0. The number of urea groups is 1. The minimum atomic E-state index is -3.02. The first kappa shape index (κ1) is 19.0. The number of fused-ring (bicyclic) bond motifs is 4. The zero-order valence-corrected chi connectivity index (χ0v) is 15.7. The van der Waals surface area contributed by atoms with Crippen molar-refractivity contribution in [2.24, 2.45) is 0 Å². The van der Waals surface area contributed by atoms with Gasteiger partial charge in [0.25, 0.3) is 11.8 Å². The molecular formula is C19H20F2N6O2. The van der Waals surface area contributed by atoms with Crippen LogP contribution >= 0.6 is 0 Å². The molecule has 2 aromatic heterocycles. The van der Waals surface area contributed by atoms with Gasteiger partial charge in [0, 0.05) is 26.2 Å². The first-order valence-corrected chi connectivity index (χ1v) is 9.25. The van der Waals surface area contributed by atoms with E-state index in [1.165, 1.54) is 11.0 Å². The molecule has 29 heavy (non-hydrogen) atoms. The number of carbonyl (C=O) groups is 2. The third kappa shape index (κ3) is 3.96. The lowest BCUT2D eigenvalue weighted by molar-refractivity contribution is 0.0220. The summed E-state index contributed by atoms with van der Waals surface area (Å²) in [5, 5.41) is 4.92. The average Bonchev–Trinajstić information content (AvgIpc) is 3.10. The highest BCUT2D eigenvalue weighted by Crippen LogP contribution is 2.39. The van der Waals surface area contributed by atoms with Gasteiger partial charge < -0.3 is 10.2 Å². The molecule has 3 amide bonds. The predicted octanol–water partition coefficient (Wildman–Crippen LogP) is 2.49. The largest absolute Gasteiger partial charge is 0.366 e. The SMILES string of the molecule is CC(F)(F)CNC(=O)c1ccc2c(n1)N(C(=O)Nc1ccccn1)[C@H]1CCN2C1. The Kier molecular flexibility index (Phi) is 4.77. The summed E-state index contributed by atoms with van der Waals surface area (Å²) in [5.74, 6) is -3.00. The maximum absolute atomic E-state index is 13.0. The van der Waals surface area contributed by atoms with Gasteiger partial charge in [0.2, 0.25) is 0 Å². The summed E-state index contributed by atoms with van der Waals surface area (Å²) >= 11 is 0. The van der Waals surface area contributed by atoms with Crippen LogP contribution in [0, 0.1) is 0 Å². The summed E-state index contributed by atoms with van der Waals surface area (Å²) in [6.45, 7) is 1.36. The third-order valence-corrected chi connectivity index (χ3v) is 4.86. The van der Waals surface area contributed by atoms with Crippen molar-refractivity contribution in [3.05, 3.63) is 42.2 Å². The molecule has 10 heteroatoms. The fraction of sp³-hybridized carbons (Fsp3) is 0.368. The highest BCUT2D eigenvalue weighted by atomic mass is 19.3. The Bertz CT molecular complexity index is 934. The van der Waals surface area contributed by atoms with E-state index in [-0.39, 0.29) is 11.7 Å². The first-order valence-electron chi connectivity index (χ1n) is 9.25. The lowest BCUT2D eigenvalue weighted by atomic mass is 10.1. The number of hydrogen-bond donors (Lipinski definition) is 2. The van der Waals surface area contributed by atoms with Crippen LogP contribution in [0.3, 0.4) is 0 Å². The second-order valence-electron chi connectivity index (χ2n) is 7.20. The van der Waals surface area contributed by atoms with Crippen LogP contribution in [0.5, 0.6) is 0 Å². The molecule has 1 atom stereocenters. The number of nitrogens with zero attached hydrogens (tertiary/aromatic N) is 4. The van der Waals surface area contributed by atoms with Gasteiger partial charge in [-0.25, -0.2) is 23.5 Å². The van der Waals surface area contributed by atoms with Crippen molar-refractivity contribution in [2.75, 3.05) is 34.8 Å². The molecule has 0 radical (unpaired) electrons. The summed E-state index contributed by atoms with van der Waals surface area (Å²) in [4.78, 5) is 37.3. The topological polar surface area (TPSA) is 90.5 Å². The van der Waals surface area contributed by atoms with Crippen LogP contribution in [0.1, 0.15) is 23.8 Å². The van der Waals surface area contributed by atoms with Gasteiger partial charge in [0.1, 0.15) is 11.5 Å². The maximum Gasteiger partial charge on any atom is 0.329 e. The van der Waals surface area contributed by atoms with Crippen molar-refractivity contribution >= 4 is 29.3 Å².